The standard InChI is InChI=1S/C40H56N6O4S2/c1-39(2,3)34-17-16-33(52-34)37(48)44-32(36(47)45-51-23-20-41-38(49)50-40(4,5)6)24-27-12-14-30(15-13-27)35-42-25-31(26-43-35)46-21-18-29(19-22-46)28-10-8-7-9-11-28/h12-17,25-26,28-29,32H,7-11,18-24H2,1-6H3,(H,41,49)(H,44,48)(H,45,47). The first-order valence-electron chi connectivity index (χ1n) is 18.7. The van der Waals surface area contributed by atoms with E-state index in [0.717, 1.165) is 46.6 Å². The number of aromatic nitrogens is 2. The highest BCUT2D eigenvalue weighted by molar-refractivity contribution is 7.97. The van der Waals surface area contributed by atoms with Crippen LogP contribution in [-0.2, 0) is 21.4 Å². The average Bonchev–Trinajstić information content (AvgIpc) is 3.63. The summed E-state index contributed by atoms with van der Waals surface area (Å²) < 4.78 is 8.11. The molecule has 1 unspecified atom stereocenters. The smallest absolute Gasteiger partial charge is 0.407 e. The molecule has 1 aromatic carbocycles. The lowest BCUT2D eigenvalue weighted by atomic mass is 9.76. The van der Waals surface area contributed by atoms with E-state index in [1.807, 2.05) is 48.8 Å². The molecule has 3 N–H and O–H groups in total. The van der Waals surface area contributed by atoms with E-state index >= 15 is 0 Å². The van der Waals surface area contributed by atoms with E-state index in [1.54, 1.807) is 20.8 Å². The number of thiophene rings is 1. The van der Waals surface area contributed by atoms with Gasteiger partial charge >= 0.3 is 6.09 Å². The Hall–Kier alpha value is -3.64. The molecule has 3 aromatic rings. The maximum atomic E-state index is 13.4. The van der Waals surface area contributed by atoms with Crippen molar-refractivity contribution in [2.24, 2.45) is 11.8 Å². The van der Waals surface area contributed by atoms with Gasteiger partial charge in [0.05, 0.1) is 23.0 Å². The molecule has 0 bridgehead atoms. The molecule has 1 atom stereocenters. The van der Waals surface area contributed by atoms with Crippen molar-refractivity contribution in [2.45, 2.75) is 110 Å². The molecule has 1 aliphatic carbocycles. The molecule has 2 aromatic heterocycles. The molecule has 2 aliphatic rings. The van der Waals surface area contributed by atoms with E-state index in [-0.39, 0.29) is 17.2 Å². The highest BCUT2D eigenvalue weighted by atomic mass is 32.2. The number of hydrogen-bond donors (Lipinski definition) is 3. The van der Waals surface area contributed by atoms with Crippen LogP contribution >= 0.6 is 23.3 Å². The summed E-state index contributed by atoms with van der Waals surface area (Å²) in [5.74, 6) is 2.24. The van der Waals surface area contributed by atoms with E-state index in [4.69, 9.17) is 14.7 Å². The van der Waals surface area contributed by atoms with Crippen LogP contribution in [0.15, 0.2) is 48.8 Å². The van der Waals surface area contributed by atoms with Crippen molar-refractivity contribution < 1.29 is 19.1 Å². The number of nitrogens with zero attached hydrogens (tertiary/aromatic N) is 3. The van der Waals surface area contributed by atoms with E-state index in [1.165, 1.54) is 68.2 Å². The van der Waals surface area contributed by atoms with Crippen LogP contribution in [0, 0.1) is 11.8 Å². The molecule has 1 aliphatic heterocycles. The molecule has 282 valence electrons. The van der Waals surface area contributed by atoms with Crippen LogP contribution in [0.3, 0.4) is 0 Å². The molecule has 52 heavy (non-hydrogen) atoms. The van der Waals surface area contributed by atoms with Gasteiger partial charge in [-0.15, -0.1) is 11.3 Å². The summed E-state index contributed by atoms with van der Waals surface area (Å²) in [7, 11) is 0. The van der Waals surface area contributed by atoms with Crippen molar-refractivity contribution in [2.75, 3.05) is 30.3 Å². The number of anilines is 1. The van der Waals surface area contributed by atoms with Crippen molar-refractivity contribution in [3.8, 4) is 11.4 Å². The molecule has 1 saturated heterocycles. The topological polar surface area (TPSA) is 126 Å². The lowest BCUT2D eigenvalue weighted by molar-refractivity contribution is -0.121. The molecule has 2 fully saturated rings. The Labute approximate surface area is 317 Å². The zero-order chi connectivity index (χ0) is 37.3. The highest BCUT2D eigenvalue weighted by Crippen LogP contribution is 2.36. The van der Waals surface area contributed by atoms with Gasteiger partial charge in [0.2, 0.25) is 0 Å². The SMILES string of the molecule is CC(C)(C)OC(=O)NCCSNC(=O)C(Cc1ccc(-c2ncc(N3CCC(C4CCCCC4)CC3)cn2)cc1)NC(=O)c1ccc(C(C)(C)C)s1. The van der Waals surface area contributed by atoms with Gasteiger partial charge in [-0.05, 0) is 80.5 Å². The maximum Gasteiger partial charge on any atom is 0.407 e. The van der Waals surface area contributed by atoms with Crippen LogP contribution in [0.1, 0.15) is 107 Å². The summed E-state index contributed by atoms with van der Waals surface area (Å²) in [5, 5.41) is 5.65. The Kier molecular flexibility index (Phi) is 13.6. The molecule has 3 amide bonds. The predicted molar refractivity (Wildman–Crippen MR) is 212 cm³/mol. The number of hydrogen-bond acceptors (Lipinski definition) is 9. The van der Waals surface area contributed by atoms with Crippen molar-refractivity contribution >= 4 is 46.9 Å². The number of benzene rings is 1. The molecular weight excluding hydrogens is 693 g/mol. The minimum absolute atomic E-state index is 0.0823. The third kappa shape index (κ3) is 11.7. The van der Waals surface area contributed by atoms with Crippen molar-refractivity contribution in [1.29, 1.82) is 0 Å². The number of alkyl carbamates (subject to hydrolysis) is 1. The Morgan fingerprint density at radius 1 is 0.904 bits per heavy atom. The van der Waals surface area contributed by atoms with Crippen molar-refractivity contribution in [3.63, 3.8) is 0 Å². The number of amides is 3. The quantitative estimate of drug-likeness (QED) is 0.126. The summed E-state index contributed by atoms with van der Waals surface area (Å²) in [4.78, 5) is 52.2. The van der Waals surface area contributed by atoms with Gasteiger partial charge in [-0.25, -0.2) is 14.8 Å². The minimum atomic E-state index is -0.817. The summed E-state index contributed by atoms with van der Waals surface area (Å²) >= 11 is 2.61. The van der Waals surface area contributed by atoms with Gasteiger partial charge in [0, 0.05) is 42.2 Å². The fraction of sp³-hybridized carbons (Fsp3) is 0.575. The number of ether oxygens (including phenoxy) is 1. The number of piperidine rings is 1. The molecule has 0 spiro atoms. The normalized spacial score (nSPS) is 16.6. The van der Waals surface area contributed by atoms with E-state index in [9.17, 15) is 14.4 Å². The third-order valence-corrected chi connectivity index (χ3v) is 12.0. The number of nitrogens with one attached hydrogen (secondary N) is 3. The molecule has 1 saturated carbocycles. The number of carbonyl (C=O) groups excluding carboxylic acids is 3. The van der Waals surface area contributed by atoms with E-state index < -0.39 is 17.7 Å². The minimum Gasteiger partial charge on any atom is -0.444 e. The van der Waals surface area contributed by atoms with Gasteiger partial charge in [0.15, 0.2) is 5.82 Å². The molecule has 10 nitrogen and oxygen atoms in total. The first-order chi connectivity index (χ1) is 24.7. The highest BCUT2D eigenvalue weighted by Gasteiger charge is 2.28. The fourth-order valence-corrected chi connectivity index (χ4v) is 8.46. The predicted octanol–water partition coefficient (Wildman–Crippen LogP) is 7.93. The lowest BCUT2D eigenvalue weighted by Crippen LogP contribution is -2.46. The molecular formula is C40H56N6O4S2. The Morgan fingerprint density at radius 2 is 1.56 bits per heavy atom. The van der Waals surface area contributed by atoms with Crippen LogP contribution in [0.5, 0.6) is 0 Å². The molecule has 12 heteroatoms. The first kappa shape index (κ1) is 39.6. The second kappa shape index (κ2) is 17.9. The van der Waals surface area contributed by atoms with Gasteiger partial charge in [0.1, 0.15) is 11.6 Å². The first-order valence-corrected chi connectivity index (χ1v) is 20.5. The van der Waals surface area contributed by atoms with Gasteiger partial charge in [0.25, 0.3) is 11.8 Å². The molecule has 0 radical (unpaired) electrons. The molecule has 3 heterocycles. The van der Waals surface area contributed by atoms with Crippen molar-refractivity contribution in [1.82, 2.24) is 25.3 Å². The summed E-state index contributed by atoms with van der Waals surface area (Å²) in [6.45, 7) is 14.2. The Morgan fingerprint density at radius 3 is 2.17 bits per heavy atom. The average molecular weight is 749 g/mol. The zero-order valence-corrected chi connectivity index (χ0v) is 33.3. The van der Waals surface area contributed by atoms with E-state index in [2.05, 4.69) is 41.0 Å². The summed E-state index contributed by atoms with van der Waals surface area (Å²) in [6, 6.07) is 10.8. The number of carbonyl (C=O) groups is 3. The number of rotatable bonds is 12. The third-order valence-electron chi connectivity index (χ3n) is 9.75. The second-order valence-corrected chi connectivity index (χ2v) is 18.1. The largest absolute Gasteiger partial charge is 0.444 e. The second-order valence-electron chi connectivity index (χ2n) is 16.1. The van der Waals surface area contributed by atoms with Crippen LogP contribution in [-0.4, -0.2) is 64.9 Å². The monoisotopic (exact) mass is 748 g/mol. The van der Waals surface area contributed by atoms with Crippen LogP contribution in [0.2, 0.25) is 0 Å². The van der Waals surface area contributed by atoms with Gasteiger partial charge < -0.3 is 20.3 Å². The lowest BCUT2D eigenvalue weighted by Gasteiger charge is -2.38. The van der Waals surface area contributed by atoms with E-state index in [0.29, 0.717) is 29.4 Å². The maximum absolute atomic E-state index is 13.4. The van der Waals surface area contributed by atoms with Crippen LogP contribution in [0.4, 0.5) is 10.5 Å². The Bertz CT molecular complexity index is 1620. The summed E-state index contributed by atoms with van der Waals surface area (Å²) in [5.41, 5.74) is 2.18. The van der Waals surface area contributed by atoms with Gasteiger partial charge in [-0.3, -0.25) is 14.3 Å². The zero-order valence-electron chi connectivity index (χ0n) is 31.6. The fourth-order valence-electron chi connectivity index (χ4n) is 6.91. The molecule has 5 rings (SSSR count). The summed E-state index contributed by atoms with van der Waals surface area (Å²) in [6.07, 6.45) is 13.2. The van der Waals surface area contributed by atoms with Crippen LogP contribution in [0.25, 0.3) is 11.4 Å². The Balaban J connectivity index is 1.18. The van der Waals surface area contributed by atoms with Gasteiger partial charge in [-0.2, -0.15) is 0 Å². The van der Waals surface area contributed by atoms with Crippen LogP contribution < -0.4 is 20.3 Å². The van der Waals surface area contributed by atoms with Crippen molar-refractivity contribution in [3.05, 3.63) is 64.1 Å². The van der Waals surface area contributed by atoms with Gasteiger partial charge in [-0.1, -0.05) is 77.1 Å².